The average molecular weight is 528 g/mol. The van der Waals surface area contributed by atoms with Gasteiger partial charge in [-0.15, -0.1) is 0 Å². The van der Waals surface area contributed by atoms with Gasteiger partial charge in [-0.3, -0.25) is 13.9 Å². The second kappa shape index (κ2) is 12.1. The number of anilines is 1. The third kappa shape index (κ3) is 6.25. The Bertz CT molecular complexity index is 1300. The van der Waals surface area contributed by atoms with Crippen molar-refractivity contribution in [3.05, 3.63) is 95.0 Å². The van der Waals surface area contributed by atoms with Crippen molar-refractivity contribution < 1.29 is 18.0 Å². The van der Waals surface area contributed by atoms with Crippen molar-refractivity contribution in [2.24, 2.45) is 0 Å². The van der Waals surface area contributed by atoms with Gasteiger partial charge in [-0.2, -0.15) is 0 Å². The van der Waals surface area contributed by atoms with Crippen molar-refractivity contribution in [1.82, 2.24) is 10.2 Å². The number of amides is 2. The second-order valence-electron chi connectivity index (χ2n) is 8.25. The molecule has 2 amide bonds. The smallest absolute Gasteiger partial charge is 0.264 e. The topological polar surface area (TPSA) is 86.8 Å². The van der Waals surface area contributed by atoms with E-state index in [0.717, 1.165) is 15.4 Å². The lowest BCUT2D eigenvalue weighted by molar-refractivity contribution is -0.139. The number of benzene rings is 3. The minimum Gasteiger partial charge on any atom is -0.357 e. The van der Waals surface area contributed by atoms with Crippen molar-refractivity contribution in [3.8, 4) is 0 Å². The summed E-state index contributed by atoms with van der Waals surface area (Å²) in [5, 5.41) is 3.12. The highest BCUT2D eigenvalue weighted by Crippen LogP contribution is 2.28. The molecule has 1 atom stereocenters. The van der Waals surface area contributed by atoms with Gasteiger partial charge in [-0.25, -0.2) is 8.42 Å². The van der Waals surface area contributed by atoms with Crippen molar-refractivity contribution in [1.29, 1.82) is 0 Å². The maximum absolute atomic E-state index is 13.8. The molecule has 3 rings (SSSR count). The highest BCUT2D eigenvalue weighted by Gasteiger charge is 2.32. The van der Waals surface area contributed by atoms with Gasteiger partial charge < -0.3 is 10.2 Å². The summed E-state index contributed by atoms with van der Waals surface area (Å²) in [4.78, 5) is 27.7. The number of nitrogens with zero attached hydrogens (tertiary/aromatic N) is 2. The Morgan fingerprint density at radius 2 is 1.56 bits per heavy atom. The number of hydrogen-bond donors (Lipinski definition) is 1. The third-order valence-corrected chi connectivity index (χ3v) is 7.96. The van der Waals surface area contributed by atoms with Crippen LogP contribution in [0.15, 0.2) is 83.8 Å². The normalized spacial score (nSPS) is 12.0. The van der Waals surface area contributed by atoms with Crippen molar-refractivity contribution in [2.45, 2.75) is 37.8 Å². The Morgan fingerprint density at radius 1 is 0.944 bits per heavy atom. The largest absolute Gasteiger partial charge is 0.357 e. The molecule has 0 fully saturated rings. The molecule has 0 aromatic heterocycles. The quantitative estimate of drug-likeness (QED) is 0.427. The van der Waals surface area contributed by atoms with Crippen LogP contribution in [0.5, 0.6) is 0 Å². The van der Waals surface area contributed by atoms with Crippen LogP contribution < -0.4 is 9.62 Å². The third-order valence-electron chi connectivity index (χ3n) is 5.93. The number of likely N-dealkylation sites (N-methyl/N-ethyl adjacent to an activating group) is 1. The lowest BCUT2D eigenvalue weighted by atomic mass is 10.1. The zero-order valence-corrected chi connectivity index (χ0v) is 22.1. The Kier molecular flexibility index (Phi) is 9.12. The molecule has 7 nitrogen and oxygen atoms in total. The molecule has 3 aromatic rings. The molecule has 3 aromatic carbocycles. The molecule has 190 valence electrons. The first-order chi connectivity index (χ1) is 17.2. The summed E-state index contributed by atoms with van der Waals surface area (Å²) >= 11 is 6.00. The van der Waals surface area contributed by atoms with Crippen molar-refractivity contribution in [2.75, 3.05) is 17.9 Å². The second-order valence-corrected chi connectivity index (χ2v) is 10.5. The highest BCUT2D eigenvalue weighted by molar-refractivity contribution is 7.92. The molecule has 1 N–H and O–H groups in total. The average Bonchev–Trinajstić information content (AvgIpc) is 2.90. The number of rotatable bonds is 10. The van der Waals surface area contributed by atoms with E-state index in [-0.39, 0.29) is 17.3 Å². The van der Waals surface area contributed by atoms with Crippen LogP contribution in [0.25, 0.3) is 0 Å². The number of nitrogens with one attached hydrogen (secondary N) is 1. The molecular weight excluding hydrogens is 498 g/mol. The Morgan fingerprint density at radius 3 is 2.17 bits per heavy atom. The van der Waals surface area contributed by atoms with Crippen LogP contribution >= 0.6 is 11.6 Å². The Hall–Kier alpha value is -3.36. The van der Waals surface area contributed by atoms with Crippen LogP contribution in [-0.4, -0.2) is 44.8 Å². The Balaban J connectivity index is 2.05. The summed E-state index contributed by atoms with van der Waals surface area (Å²) in [6.45, 7) is 3.18. The molecule has 0 radical (unpaired) electrons. The van der Waals surface area contributed by atoms with E-state index in [4.69, 9.17) is 11.6 Å². The number of aryl methyl sites for hydroxylation is 1. The van der Waals surface area contributed by atoms with E-state index in [1.54, 1.807) is 61.5 Å². The monoisotopic (exact) mass is 527 g/mol. The van der Waals surface area contributed by atoms with Gasteiger partial charge in [0, 0.05) is 18.6 Å². The maximum Gasteiger partial charge on any atom is 0.264 e. The Labute approximate surface area is 217 Å². The standard InChI is InChI=1S/C27H30ClN3O4S/c1-4-22-10-8-9-13-25(22)31(36(34,35)24-11-6-5-7-12-24)19-26(32)30(20(2)27(33)29-3)18-21-14-16-23(28)17-15-21/h5-17,20H,4,18-19H2,1-3H3,(H,29,33)/t20-/m0/s1. The zero-order valence-electron chi connectivity index (χ0n) is 20.5. The number of hydrogen-bond acceptors (Lipinski definition) is 4. The van der Waals surface area contributed by atoms with Crippen LogP contribution in [0.1, 0.15) is 25.0 Å². The fourth-order valence-electron chi connectivity index (χ4n) is 3.86. The van der Waals surface area contributed by atoms with Gasteiger partial charge in [0.15, 0.2) is 0 Å². The highest BCUT2D eigenvalue weighted by atomic mass is 35.5. The van der Waals surface area contributed by atoms with Crippen molar-refractivity contribution in [3.63, 3.8) is 0 Å². The molecule has 0 aliphatic heterocycles. The molecule has 9 heteroatoms. The fraction of sp³-hybridized carbons (Fsp3) is 0.259. The maximum atomic E-state index is 13.8. The molecule has 0 aliphatic rings. The van der Waals surface area contributed by atoms with E-state index in [2.05, 4.69) is 5.32 Å². The van der Waals surface area contributed by atoms with E-state index in [1.807, 2.05) is 19.1 Å². The lowest BCUT2D eigenvalue weighted by Crippen LogP contribution is -2.50. The SMILES string of the molecule is CCc1ccccc1N(CC(=O)N(Cc1ccc(Cl)cc1)[C@@H](C)C(=O)NC)S(=O)(=O)c1ccccc1. The van der Waals surface area contributed by atoms with Gasteiger partial charge >= 0.3 is 0 Å². The summed E-state index contributed by atoms with van der Waals surface area (Å²) in [6, 6.07) is 21.2. The van der Waals surface area contributed by atoms with Gasteiger partial charge in [0.25, 0.3) is 10.0 Å². The first-order valence-electron chi connectivity index (χ1n) is 11.6. The molecule has 0 aliphatic carbocycles. The summed E-state index contributed by atoms with van der Waals surface area (Å²) in [6.07, 6.45) is 0.578. The number of sulfonamides is 1. The molecule has 0 bridgehead atoms. The lowest BCUT2D eigenvalue weighted by Gasteiger charge is -2.32. The van der Waals surface area contributed by atoms with E-state index in [1.165, 1.54) is 24.1 Å². The first-order valence-corrected chi connectivity index (χ1v) is 13.4. The molecule has 0 heterocycles. The van der Waals surface area contributed by atoms with Gasteiger partial charge in [0.1, 0.15) is 12.6 Å². The molecule has 0 saturated carbocycles. The molecule has 0 saturated heterocycles. The van der Waals surface area contributed by atoms with Crippen LogP contribution in [0.3, 0.4) is 0 Å². The first kappa shape index (κ1) is 27.2. The van der Waals surface area contributed by atoms with Gasteiger partial charge in [0.05, 0.1) is 10.6 Å². The predicted molar refractivity (Wildman–Crippen MR) is 142 cm³/mol. The molecule has 0 spiro atoms. The van der Waals surface area contributed by atoms with Crippen LogP contribution in [0.2, 0.25) is 5.02 Å². The van der Waals surface area contributed by atoms with Crippen LogP contribution in [0, 0.1) is 0 Å². The number of halogens is 1. The predicted octanol–water partition coefficient (Wildman–Crippen LogP) is 4.26. The minimum atomic E-state index is -4.08. The van der Waals surface area contributed by atoms with E-state index in [0.29, 0.717) is 17.1 Å². The molecule has 0 unspecified atom stereocenters. The van der Waals surface area contributed by atoms with Gasteiger partial charge in [-0.05, 0) is 54.8 Å². The van der Waals surface area contributed by atoms with E-state index >= 15 is 0 Å². The van der Waals surface area contributed by atoms with E-state index < -0.39 is 28.5 Å². The summed E-state index contributed by atoms with van der Waals surface area (Å²) < 4.78 is 28.7. The number of carbonyl (C=O) groups excluding carboxylic acids is 2. The number of carbonyl (C=O) groups is 2. The summed E-state index contributed by atoms with van der Waals surface area (Å²) in [5.41, 5.74) is 1.97. The zero-order chi connectivity index (χ0) is 26.3. The molecule has 36 heavy (non-hydrogen) atoms. The van der Waals surface area contributed by atoms with Gasteiger partial charge in [0.2, 0.25) is 11.8 Å². The number of para-hydroxylation sites is 1. The van der Waals surface area contributed by atoms with Gasteiger partial charge in [-0.1, -0.05) is 67.1 Å². The fourth-order valence-corrected chi connectivity index (χ4v) is 5.46. The van der Waals surface area contributed by atoms with Crippen LogP contribution in [-0.2, 0) is 32.6 Å². The van der Waals surface area contributed by atoms with E-state index in [9.17, 15) is 18.0 Å². The van der Waals surface area contributed by atoms with Crippen LogP contribution in [0.4, 0.5) is 5.69 Å². The van der Waals surface area contributed by atoms with Crippen molar-refractivity contribution >= 4 is 39.1 Å². The summed E-state index contributed by atoms with van der Waals surface area (Å²) in [7, 11) is -2.58. The minimum absolute atomic E-state index is 0.0762. The summed E-state index contributed by atoms with van der Waals surface area (Å²) in [5.74, 6) is -0.866. The molecular formula is C27H30ClN3O4S.